The Morgan fingerprint density at radius 1 is 0.848 bits per heavy atom. The topological polar surface area (TPSA) is 55.3 Å². The Morgan fingerprint density at radius 2 is 1.42 bits per heavy atom. The molecule has 0 spiro atoms. The average Bonchev–Trinajstić information content (AvgIpc) is 3.39. The summed E-state index contributed by atoms with van der Waals surface area (Å²) in [6.45, 7) is 2.15. The van der Waals surface area contributed by atoms with Crippen molar-refractivity contribution in [3.05, 3.63) is 90.0 Å². The van der Waals surface area contributed by atoms with Crippen molar-refractivity contribution >= 4 is 23.0 Å². The molecule has 0 saturated carbocycles. The van der Waals surface area contributed by atoms with E-state index in [1.807, 2.05) is 12.1 Å². The van der Waals surface area contributed by atoms with Gasteiger partial charge in [-0.25, -0.2) is 4.79 Å². The number of anilines is 1. The van der Waals surface area contributed by atoms with Crippen molar-refractivity contribution in [1.29, 1.82) is 0 Å². The number of hydrogen-bond donors (Lipinski definition) is 0. The summed E-state index contributed by atoms with van der Waals surface area (Å²) in [5.41, 5.74) is 5.24. The Hall–Kier alpha value is -3.51. The van der Waals surface area contributed by atoms with Crippen LogP contribution in [0.1, 0.15) is 34.7 Å². The van der Waals surface area contributed by atoms with Crippen LogP contribution in [0.4, 0.5) is 5.69 Å². The number of rotatable bonds is 5. The van der Waals surface area contributed by atoms with Crippen LogP contribution in [0.5, 0.6) is 0 Å². The van der Waals surface area contributed by atoms with Crippen LogP contribution in [-0.4, -0.2) is 36.4 Å². The van der Waals surface area contributed by atoms with Gasteiger partial charge in [-0.1, -0.05) is 53.8 Å². The molecule has 33 heavy (non-hydrogen) atoms. The van der Waals surface area contributed by atoms with E-state index >= 15 is 0 Å². The first-order chi connectivity index (χ1) is 16.2. The Bertz CT molecular complexity index is 1210. The number of methoxy groups -OCH3 is 1. The lowest BCUT2D eigenvalue weighted by Gasteiger charge is -2.34. The Balaban J connectivity index is 1.24. The molecule has 1 saturated heterocycles. The maximum atomic E-state index is 11.6. The number of nitrogens with zero attached hydrogens (tertiary/aromatic N) is 3. The first-order valence-electron chi connectivity index (χ1n) is 11.1. The quantitative estimate of drug-likeness (QED) is 0.343. The molecule has 0 unspecified atom stereocenters. The number of carbonyl (C=O) groups is 1. The highest BCUT2D eigenvalue weighted by Gasteiger charge is 2.21. The van der Waals surface area contributed by atoms with Gasteiger partial charge in [-0.05, 0) is 60.7 Å². The number of carbonyl (C=O) groups excluding carboxylic acids is 1. The molecule has 1 aromatic heterocycles. The van der Waals surface area contributed by atoms with Gasteiger partial charge in [0.1, 0.15) is 10.0 Å². The minimum atomic E-state index is -0.344. The van der Waals surface area contributed by atoms with Gasteiger partial charge in [0.15, 0.2) is 0 Å². The van der Waals surface area contributed by atoms with Gasteiger partial charge in [0.2, 0.25) is 0 Å². The Morgan fingerprint density at radius 3 is 2.00 bits per heavy atom. The number of hydrogen-bond acceptors (Lipinski definition) is 6. The molecular weight excluding hydrogens is 430 g/mol. The molecule has 0 N–H and O–H groups in total. The molecule has 6 heteroatoms. The van der Waals surface area contributed by atoms with Crippen LogP contribution in [0.2, 0.25) is 0 Å². The zero-order chi connectivity index (χ0) is 22.6. The van der Waals surface area contributed by atoms with Gasteiger partial charge in [0.05, 0.1) is 12.7 Å². The highest BCUT2D eigenvalue weighted by Crippen LogP contribution is 2.33. The fraction of sp³-hybridized carbons (Fsp3) is 0.222. The second kappa shape index (κ2) is 9.55. The van der Waals surface area contributed by atoms with Crippen molar-refractivity contribution in [1.82, 2.24) is 10.2 Å². The molecule has 3 aromatic carbocycles. The van der Waals surface area contributed by atoms with Gasteiger partial charge in [-0.15, -0.1) is 10.2 Å². The lowest BCUT2D eigenvalue weighted by Crippen LogP contribution is -2.32. The van der Waals surface area contributed by atoms with Gasteiger partial charge in [-0.3, -0.25) is 0 Å². The SMILES string of the molecule is COC(=O)c1ccc(-c2nnc(-c3ccc(N4CCC(c5ccccc5)CC4)cc3)s2)cc1. The molecule has 0 aliphatic carbocycles. The fourth-order valence-electron chi connectivity index (χ4n) is 4.33. The molecule has 0 radical (unpaired) electrons. The lowest BCUT2D eigenvalue weighted by atomic mass is 9.89. The average molecular weight is 456 g/mol. The van der Waals surface area contributed by atoms with Crippen LogP contribution in [0, 0.1) is 0 Å². The van der Waals surface area contributed by atoms with E-state index in [0.29, 0.717) is 11.5 Å². The van der Waals surface area contributed by atoms with Gasteiger partial charge < -0.3 is 9.64 Å². The van der Waals surface area contributed by atoms with Crippen LogP contribution >= 0.6 is 11.3 Å². The van der Waals surface area contributed by atoms with E-state index in [9.17, 15) is 4.79 Å². The maximum absolute atomic E-state index is 11.6. The van der Waals surface area contributed by atoms with E-state index in [-0.39, 0.29) is 5.97 Å². The van der Waals surface area contributed by atoms with E-state index in [4.69, 9.17) is 4.74 Å². The summed E-state index contributed by atoms with van der Waals surface area (Å²) in [5.74, 6) is 0.312. The summed E-state index contributed by atoms with van der Waals surface area (Å²) in [6, 6.07) is 26.7. The highest BCUT2D eigenvalue weighted by molar-refractivity contribution is 7.17. The smallest absolute Gasteiger partial charge is 0.337 e. The molecule has 1 aliphatic rings. The predicted molar refractivity (Wildman–Crippen MR) is 133 cm³/mol. The molecule has 0 bridgehead atoms. The van der Waals surface area contributed by atoms with Crippen molar-refractivity contribution in [2.45, 2.75) is 18.8 Å². The summed E-state index contributed by atoms with van der Waals surface area (Å²) in [7, 11) is 1.38. The third-order valence-electron chi connectivity index (χ3n) is 6.22. The van der Waals surface area contributed by atoms with Crippen molar-refractivity contribution < 1.29 is 9.53 Å². The zero-order valence-electron chi connectivity index (χ0n) is 18.5. The number of piperidine rings is 1. The van der Waals surface area contributed by atoms with Gasteiger partial charge in [-0.2, -0.15) is 0 Å². The number of aromatic nitrogens is 2. The minimum Gasteiger partial charge on any atom is -0.465 e. The Labute approximate surface area is 197 Å². The van der Waals surface area contributed by atoms with Crippen molar-refractivity contribution in [3.8, 4) is 21.1 Å². The second-order valence-corrected chi connectivity index (χ2v) is 9.18. The molecule has 0 atom stereocenters. The summed E-state index contributed by atoms with van der Waals surface area (Å²) >= 11 is 1.55. The van der Waals surface area contributed by atoms with E-state index in [2.05, 4.69) is 69.7 Å². The number of benzene rings is 3. The standard InChI is InChI=1S/C27H25N3O2S/c1-32-27(31)23-9-7-21(8-10-23)25-28-29-26(33-25)22-11-13-24(14-12-22)30-17-15-20(16-18-30)19-5-3-2-4-6-19/h2-14,20H,15-18H2,1H3. The molecule has 4 aromatic rings. The molecule has 5 nitrogen and oxygen atoms in total. The summed E-state index contributed by atoms with van der Waals surface area (Å²) < 4.78 is 4.75. The van der Waals surface area contributed by atoms with Gasteiger partial charge >= 0.3 is 5.97 Å². The molecular formula is C27H25N3O2S. The van der Waals surface area contributed by atoms with E-state index in [0.717, 1.165) is 34.2 Å². The van der Waals surface area contributed by atoms with Crippen molar-refractivity contribution in [2.24, 2.45) is 0 Å². The normalized spacial score (nSPS) is 14.3. The molecule has 1 aliphatic heterocycles. The largest absolute Gasteiger partial charge is 0.465 e. The number of ether oxygens (including phenoxy) is 1. The van der Waals surface area contributed by atoms with Crippen LogP contribution in [0.3, 0.4) is 0 Å². The van der Waals surface area contributed by atoms with E-state index < -0.39 is 0 Å². The lowest BCUT2D eigenvalue weighted by molar-refractivity contribution is 0.0601. The first-order valence-corrected chi connectivity index (χ1v) is 12.0. The van der Waals surface area contributed by atoms with Crippen molar-refractivity contribution in [2.75, 3.05) is 25.1 Å². The third-order valence-corrected chi connectivity index (χ3v) is 7.24. The van der Waals surface area contributed by atoms with E-state index in [1.54, 1.807) is 23.5 Å². The van der Waals surface area contributed by atoms with Gasteiger partial charge in [0.25, 0.3) is 0 Å². The summed E-state index contributed by atoms with van der Waals surface area (Å²) in [5, 5.41) is 10.4. The molecule has 166 valence electrons. The number of esters is 1. The van der Waals surface area contributed by atoms with E-state index in [1.165, 1.54) is 31.2 Å². The second-order valence-electron chi connectivity index (χ2n) is 8.20. The monoisotopic (exact) mass is 455 g/mol. The molecule has 1 fully saturated rings. The third kappa shape index (κ3) is 4.66. The predicted octanol–water partition coefficient (Wildman–Crippen LogP) is 6.04. The van der Waals surface area contributed by atoms with Crippen LogP contribution < -0.4 is 4.90 Å². The van der Waals surface area contributed by atoms with Crippen molar-refractivity contribution in [3.63, 3.8) is 0 Å². The minimum absolute atomic E-state index is 0.344. The summed E-state index contributed by atoms with van der Waals surface area (Å²) in [4.78, 5) is 14.1. The Kier molecular flexibility index (Phi) is 6.17. The first kappa shape index (κ1) is 21.3. The summed E-state index contributed by atoms with van der Waals surface area (Å²) in [6.07, 6.45) is 2.36. The molecule has 2 heterocycles. The van der Waals surface area contributed by atoms with Gasteiger partial charge in [0, 0.05) is 29.9 Å². The molecule has 0 amide bonds. The maximum Gasteiger partial charge on any atom is 0.337 e. The van der Waals surface area contributed by atoms with Crippen LogP contribution in [0.15, 0.2) is 78.9 Å². The van der Waals surface area contributed by atoms with Crippen LogP contribution in [-0.2, 0) is 4.74 Å². The van der Waals surface area contributed by atoms with Crippen LogP contribution in [0.25, 0.3) is 21.1 Å². The fourth-order valence-corrected chi connectivity index (χ4v) is 5.19. The highest BCUT2D eigenvalue weighted by atomic mass is 32.1. The zero-order valence-corrected chi connectivity index (χ0v) is 19.3. The molecule has 5 rings (SSSR count).